The van der Waals surface area contributed by atoms with Crippen LogP contribution in [-0.4, -0.2) is 43.4 Å². The van der Waals surface area contributed by atoms with E-state index < -0.39 is 0 Å². The van der Waals surface area contributed by atoms with E-state index in [4.69, 9.17) is 4.42 Å². The van der Waals surface area contributed by atoms with E-state index in [0.29, 0.717) is 6.54 Å². The normalized spacial score (nSPS) is 17.0. The van der Waals surface area contributed by atoms with E-state index in [2.05, 4.69) is 28.0 Å². The zero-order valence-corrected chi connectivity index (χ0v) is 11.1. The Kier molecular flexibility index (Phi) is 3.25. The Morgan fingerprint density at radius 3 is 2.74 bits per heavy atom. The van der Waals surface area contributed by atoms with Gasteiger partial charge in [0.25, 0.3) is 0 Å². The van der Waals surface area contributed by atoms with Gasteiger partial charge in [-0.05, 0) is 19.1 Å². The summed E-state index contributed by atoms with van der Waals surface area (Å²) in [5.41, 5.74) is 2.12. The summed E-state index contributed by atoms with van der Waals surface area (Å²) in [5, 5.41) is 1.14. The largest absolute Gasteiger partial charge is 0.462 e. The van der Waals surface area contributed by atoms with Crippen LogP contribution in [0, 0.1) is 0 Å². The third-order valence-electron chi connectivity index (χ3n) is 3.62. The number of anilines is 1. The van der Waals surface area contributed by atoms with Crippen LogP contribution in [0.15, 0.2) is 34.9 Å². The fourth-order valence-corrected chi connectivity index (χ4v) is 2.69. The van der Waals surface area contributed by atoms with Crippen molar-refractivity contribution in [3.8, 4) is 0 Å². The standard InChI is InChI=1S/C15H18N2O2/c1-12(18)11-16-6-8-17(9-7-16)14-4-2-3-13-5-10-19-15(13)14/h2-5,10H,6-9,11H2,1H3. The molecular formula is C15H18N2O2. The molecule has 0 amide bonds. The van der Waals surface area contributed by atoms with E-state index >= 15 is 0 Å². The summed E-state index contributed by atoms with van der Waals surface area (Å²) < 4.78 is 5.58. The lowest BCUT2D eigenvalue weighted by molar-refractivity contribution is -0.118. The van der Waals surface area contributed by atoms with Crippen molar-refractivity contribution in [2.75, 3.05) is 37.6 Å². The van der Waals surface area contributed by atoms with Crippen LogP contribution in [0.5, 0.6) is 0 Å². The topological polar surface area (TPSA) is 36.7 Å². The Balaban J connectivity index is 1.75. The van der Waals surface area contributed by atoms with Crippen molar-refractivity contribution in [1.29, 1.82) is 0 Å². The lowest BCUT2D eigenvalue weighted by Crippen LogP contribution is -2.47. The second kappa shape index (κ2) is 5.05. The molecule has 0 radical (unpaired) electrons. The average molecular weight is 258 g/mol. The van der Waals surface area contributed by atoms with E-state index in [1.54, 1.807) is 13.2 Å². The first-order valence-corrected chi connectivity index (χ1v) is 6.67. The van der Waals surface area contributed by atoms with Gasteiger partial charge in [-0.15, -0.1) is 0 Å². The van der Waals surface area contributed by atoms with Crippen LogP contribution >= 0.6 is 0 Å². The molecule has 0 aliphatic carbocycles. The number of carbonyl (C=O) groups excluding carboxylic acids is 1. The highest BCUT2D eigenvalue weighted by Crippen LogP contribution is 2.28. The maximum absolute atomic E-state index is 11.1. The second-order valence-corrected chi connectivity index (χ2v) is 5.08. The van der Waals surface area contributed by atoms with Gasteiger partial charge in [0.15, 0.2) is 5.58 Å². The molecule has 1 aliphatic heterocycles. The number of nitrogens with zero attached hydrogens (tertiary/aromatic N) is 2. The number of benzene rings is 1. The van der Waals surface area contributed by atoms with Crippen LogP contribution < -0.4 is 4.90 Å². The highest BCUT2D eigenvalue weighted by Gasteiger charge is 2.20. The summed E-state index contributed by atoms with van der Waals surface area (Å²) in [6, 6.07) is 8.22. The van der Waals surface area contributed by atoms with E-state index in [-0.39, 0.29) is 5.78 Å². The Morgan fingerprint density at radius 2 is 2.00 bits per heavy atom. The van der Waals surface area contributed by atoms with Crippen LogP contribution in [0.25, 0.3) is 11.0 Å². The van der Waals surface area contributed by atoms with E-state index in [1.807, 2.05) is 6.07 Å². The average Bonchev–Trinajstić information content (AvgIpc) is 2.87. The zero-order chi connectivity index (χ0) is 13.2. The molecule has 19 heavy (non-hydrogen) atoms. The van der Waals surface area contributed by atoms with Crippen molar-refractivity contribution in [1.82, 2.24) is 4.90 Å². The van der Waals surface area contributed by atoms with Crippen LogP contribution in [0.4, 0.5) is 5.69 Å². The minimum Gasteiger partial charge on any atom is -0.462 e. The number of piperazine rings is 1. The molecule has 1 saturated heterocycles. The van der Waals surface area contributed by atoms with E-state index in [1.165, 1.54) is 0 Å². The van der Waals surface area contributed by atoms with Gasteiger partial charge in [-0.2, -0.15) is 0 Å². The van der Waals surface area contributed by atoms with Gasteiger partial charge in [-0.25, -0.2) is 0 Å². The molecule has 0 bridgehead atoms. The molecule has 4 nitrogen and oxygen atoms in total. The molecule has 1 fully saturated rings. The Morgan fingerprint density at radius 1 is 1.21 bits per heavy atom. The lowest BCUT2D eigenvalue weighted by atomic mass is 10.2. The van der Waals surface area contributed by atoms with Gasteiger partial charge in [0.1, 0.15) is 5.78 Å². The number of para-hydroxylation sites is 1. The predicted octanol–water partition coefficient (Wildman–Crippen LogP) is 2.14. The van der Waals surface area contributed by atoms with Gasteiger partial charge in [-0.3, -0.25) is 9.69 Å². The lowest BCUT2D eigenvalue weighted by Gasteiger charge is -2.35. The smallest absolute Gasteiger partial charge is 0.157 e. The van der Waals surface area contributed by atoms with Crippen molar-refractivity contribution >= 4 is 22.4 Å². The van der Waals surface area contributed by atoms with Gasteiger partial charge >= 0.3 is 0 Å². The van der Waals surface area contributed by atoms with Crippen molar-refractivity contribution in [2.24, 2.45) is 0 Å². The van der Waals surface area contributed by atoms with Crippen molar-refractivity contribution < 1.29 is 9.21 Å². The van der Waals surface area contributed by atoms with Crippen molar-refractivity contribution in [2.45, 2.75) is 6.92 Å². The maximum Gasteiger partial charge on any atom is 0.157 e. The van der Waals surface area contributed by atoms with E-state index in [9.17, 15) is 4.79 Å². The molecule has 3 rings (SSSR count). The molecule has 0 atom stereocenters. The molecule has 100 valence electrons. The van der Waals surface area contributed by atoms with Gasteiger partial charge in [-0.1, -0.05) is 12.1 Å². The number of furan rings is 1. The molecule has 1 aliphatic rings. The number of ketones is 1. The van der Waals surface area contributed by atoms with Gasteiger partial charge < -0.3 is 9.32 Å². The highest BCUT2D eigenvalue weighted by molar-refractivity contribution is 5.89. The predicted molar refractivity (Wildman–Crippen MR) is 75.5 cm³/mol. The molecule has 2 heterocycles. The van der Waals surface area contributed by atoms with Gasteiger partial charge in [0, 0.05) is 31.6 Å². The van der Waals surface area contributed by atoms with E-state index in [0.717, 1.165) is 42.8 Å². The van der Waals surface area contributed by atoms with Gasteiger partial charge in [0.2, 0.25) is 0 Å². The van der Waals surface area contributed by atoms with Crippen molar-refractivity contribution in [3.05, 3.63) is 30.5 Å². The summed E-state index contributed by atoms with van der Waals surface area (Å²) in [6.07, 6.45) is 1.74. The first kappa shape index (κ1) is 12.2. The highest BCUT2D eigenvalue weighted by atomic mass is 16.3. The zero-order valence-electron chi connectivity index (χ0n) is 11.1. The number of fused-ring (bicyclic) bond motifs is 1. The molecular weight excluding hydrogens is 240 g/mol. The summed E-state index contributed by atoms with van der Waals surface area (Å²) in [7, 11) is 0. The fraction of sp³-hybridized carbons (Fsp3) is 0.400. The fourth-order valence-electron chi connectivity index (χ4n) is 2.69. The molecule has 2 aromatic rings. The molecule has 1 aromatic heterocycles. The monoisotopic (exact) mass is 258 g/mol. The molecule has 1 aromatic carbocycles. The number of hydrogen-bond donors (Lipinski definition) is 0. The number of rotatable bonds is 3. The first-order chi connectivity index (χ1) is 9.24. The van der Waals surface area contributed by atoms with Crippen LogP contribution in [0.3, 0.4) is 0 Å². The maximum atomic E-state index is 11.1. The van der Waals surface area contributed by atoms with Crippen LogP contribution in [0.1, 0.15) is 6.92 Å². The second-order valence-electron chi connectivity index (χ2n) is 5.08. The number of carbonyl (C=O) groups is 1. The molecule has 0 saturated carbocycles. The quantitative estimate of drug-likeness (QED) is 0.845. The molecule has 0 unspecified atom stereocenters. The first-order valence-electron chi connectivity index (χ1n) is 6.67. The summed E-state index contributed by atoms with van der Waals surface area (Å²) >= 11 is 0. The Labute approximate surface area is 112 Å². The van der Waals surface area contributed by atoms with Crippen LogP contribution in [0.2, 0.25) is 0 Å². The summed E-state index contributed by atoms with van der Waals surface area (Å²) in [5.74, 6) is 0.238. The summed E-state index contributed by atoms with van der Waals surface area (Å²) in [4.78, 5) is 15.7. The third-order valence-corrected chi connectivity index (χ3v) is 3.62. The van der Waals surface area contributed by atoms with Crippen molar-refractivity contribution in [3.63, 3.8) is 0 Å². The van der Waals surface area contributed by atoms with Gasteiger partial charge in [0.05, 0.1) is 18.5 Å². The summed E-state index contributed by atoms with van der Waals surface area (Å²) in [6.45, 7) is 5.95. The third kappa shape index (κ3) is 2.49. The Hall–Kier alpha value is -1.81. The number of hydrogen-bond acceptors (Lipinski definition) is 4. The minimum absolute atomic E-state index is 0.238. The molecule has 0 N–H and O–H groups in total. The van der Waals surface area contributed by atoms with Crippen LogP contribution in [-0.2, 0) is 4.79 Å². The SMILES string of the molecule is CC(=O)CN1CCN(c2cccc3ccoc23)CC1. The molecule has 0 spiro atoms. The molecule has 4 heteroatoms. The number of Topliss-reactive ketones (excluding diaryl/α,β-unsaturated/α-hetero) is 1. The minimum atomic E-state index is 0.238. The Bertz CT molecular complexity index is 583.